The average molecular weight is 355 g/mol. The Bertz CT molecular complexity index is 551. The normalized spacial score (nSPS) is 13.5. The van der Waals surface area contributed by atoms with Crippen molar-refractivity contribution in [1.29, 1.82) is 0 Å². The number of halogens is 2. The first-order valence-corrected chi connectivity index (χ1v) is 7.97. The topological polar surface area (TPSA) is 92.4 Å². The van der Waals surface area contributed by atoms with Crippen molar-refractivity contribution in [1.82, 2.24) is 4.72 Å². The molecule has 0 aromatic heterocycles. The number of rotatable bonds is 6. The molecule has 1 unspecified atom stereocenters. The molecular weight excluding hydrogens is 339 g/mol. The number of nitrogens with two attached hydrogens (primary N) is 1. The Labute approximate surface area is 120 Å². The van der Waals surface area contributed by atoms with Crippen LogP contribution in [0.1, 0.15) is 19.8 Å². The molecule has 0 saturated heterocycles. The largest absolute Gasteiger partial charge is 0.398 e. The van der Waals surface area contributed by atoms with Gasteiger partial charge in [0.05, 0.1) is 16.3 Å². The summed E-state index contributed by atoms with van der Waals surface area (Å²) in [6.07, 6.45) is 0.475. The minimum absolute atomic E-state index is 0.0104. The summed E-state index contributed by atoms with van der Waals surface area (Å²) in [6, 6.07) is 2.03. The molecule has 0 aliphatic rings. The minimum Gasteiger partial charge on any atom is -0.398 e. The van der Waals surface area contributed by atoms with Gasteiger partial charge in [0.2, 0.25) is 10.0 Å². The van der Waals surface area contributed by atoms with E-state index in [1.54, 1.807) is 0 Å². The van der Waals surface area contributed by atoms with Gasteiger partial charge in [-0.05, 0) is 34.5 Å². The van der Waals surface area contributed by atoms with Crippen LogP contribution in [0, 0.1) is 5.82 Å². The number of aliphatic hydroxyl groups excluding tert-OH is 1. The van der Waals surface area contributed by atoms with Gasteiger partial charge in [-0.15, -0.1) is 0 Å². The quantitative estimate of drug-likeness (QED) is 0.676. The second-order valence-corrected chi connectivity index (χ2v) is 6.69. The number of anilines is 1. The summed E-state index contributed by atoms with van der Waals surface area (Å²) in [6.45, 7) is 1.78. The molecule has 0 bridgehead atoms. The molecule has 0 amide bonds. The molecule has 0 saturated carbocycles. The van der Waals surface area contributed by atoms with Gasteiger partial charge in [0.1, 0.15) is 10.7 Å². The predicted molar refractivity (Wildman–Crippen MR) is 74.6 cm³/mol. The van der Waals surface area contributed by atoms with Crippen LogP contribution in [0.3, 0.4) is 0 Å². The van der Waals surface area contributed by atoms with E-state index >= 15 is 0 Å². The summed E-state index contributed by atoms with van der Waals surface area (Å²) in [7, 11) is -3.88. The Morgan fingerprint density at radius 1 is 1.53 bits per heavy atom. The first-order chi connectivity index (χ1) is 8.77. The van der Waals surface area contributed by atoms with E-state index < -0.39 is 21.9 Å². The maximum atomic E-state index is 13.2. The lowest BCUT2D eigenvalue weighted by molar-refractivity contribution is 0.167. The molecule has 19 heavy (non-hydrogen) atoms. The van der Waals surface area contributed by atoms with Crippen LogP contribution < -0.4 is 10.5 Å². The van der Waals surface area contributed by atoms with Gasteiger partial charge < -0.3 is 10.8 Å². The Kier molecular flexibility index (Phi) is 5.72. The van der Waals surface area contributed by atoms with E-state index in [1.165, 1.54) is 0 Å². The highest BCUT2D eigenvalue weighted by molar-refractivity contribution is 9.10. The van der Waals surface area contributed by atoms with Crippen molar-refractivity contribution in [3.8, 4) is 0 Å². The Morgan fingerprint density at radius 3 is 2.74 bits per heavy atom. The second kappa shape index (κ2) is 6.65. The van der Waals surface area contributed by atoms with Crippen LogP contribution in [0.15, 0.2) is 21.5 Å². The molecule has 0 radical (unpaired) electrons. The molecule has 1 atom stereocenters. The molecule has 1 aromatic rings. The van der Waals surface area contributed by atoms with Crippen molar-refractivity contribution in [2.45, 2.75) is 30.8 Å². The third-order valence-corrected chi connectivity index (χ3v) is 4.56. The predicted octanol–water partition coefficient (Wildman–Crippen LogP) is 1.61. The van der Waals surface area contributed by atoms with Gasteiger partial charge in [-0.3, -0.25) is 0 Å². The van der Waals surface area contributed by atoms with E-state index in [4.69, 9.17) is 5.73 Å². The number of nitrogen functional groups attached to an aromatic ring is 1. The van der Waals surface area contributed by atoms with E-state index in [-0.39, 0.29) is 21.6 Å². The van der Waals surface area contributed by atoms with Gasteiger partial charge in [0, 0.05) is 6.54 Å². The van der Waals surface area contributed by atoms with E-state index in [0.29, 0.717) is 6.42 Å². The number of benzene rings is 1. The smallest absolute Gasteiger partial charge is 0.242 e. The summed E-state index contributed by atoms with van der Waals surface area (Å²) in [5.74, 6) is -0.637. The fourth-order valence-electron chi connectivity index (χ4n) is 1.50. The van der Waals surface area contributed by atoms with Crippen LogP contribution in [0.2, 0.25) is 0 Å². The summed E-state index contributed by atoms with van der Waals surface area (Å²) < 4.78 is 39.4. The lowest BCUT2D eigenvalue weighted by Gasteiger charge is -2.13. The van der Waals surface area contributed by atoms with Gasteiger partial charge in [0.25, 0.3) is 0 Å². The highest BCUT2D eigenvalue weighted by atomic mass is 79.9. The fourth-order valence-corrected chi connectivity index (χ4v) is 3.20. The zero-order chi connectivity index (χ0) is 14.6. The Morgan fingerprint density at radius 2 is 2.16 bits per heavy atom. The van der Waals surface area contributed by atoms with Crippen molar-refractivity contribution in [3.63, 3.8) is 0 Å². The Balaban J connectivity index is 2.92. The summed E-state index contributed by atoms with van der Waals surface area (Å²) in [4.78, 5) is -0.218. The lowest BCUT2D eigenvalue weighted by Crippen LogP contribution is -2.32. The molecule has 1 rings (SSSR count). The van der Waals surface area contributed by atoms with Crippen LogP contribution in [0.25, 0.3) is 0 Å². The van der Waals surface area contributed by atoms with Crippen LogP contribution in [-0.2, 0) is 10.0 Å². The monoisotopic (exact) mass is 354 g/mol. The van der Waals surface area contributed by atoms with Crippen molar-refractivity contribution in [3.05, 3.63) is 22.4 Å². The fraction of sp³-hybridized carbons (Fsp3) is 0.455. The van der Waals surface area contributed by atoms with E-state index in [1.807, 2.05) is 6.92 Å². The SMILES string of the molecule is CCCC(O)CNS(=O)(=O)c1cc(Br)c(F)cc1N. The van der Waals surface area contributed by atoms with Crippen LogP contribution in [-0.4, -0.2) is 26.2 Å². The zero-order valence-electron chi connectivity index (χ0n) is 10.4. The first-order valence-electron chi connectivity index (χ1n) is 5.70. The summed E-state index contributed by atoms with van der Waals surface area (Å²) in [5.41, 5.74) is 5.32. The average Bonchev–Trinajstić information content (AvgIpc) is 2.31. The molecule has 0 heterocycles. The maximum Gasteiger partial charge on any atom is 0.242 e. The van der Waals surface area contributed by atoms with Gasteiger partial charge in [0.15, 0.2) is 0 Å². The Hall–Kier alpha value is -0.700. The summed E-state index contributed by atoms with van der Waals surface area (Å²) >= 11 is 2.91. The number of aliphatic hydroxyl groups is 1. The van der Waals surface area contributed by atoms with Crippen LogP contribution in [0.5, 0.6) is 0 Å². The molecule has 108 valence electrons. The molecule has 1 aromatic carbocycles. The van der Waals surface area contributed by atoms with Crippen molar-refractivity contribution >= 4 is 31.6 Å². The molecule has 0 spiro atoms. The molecule has 5 nitrogen and oxygen atoms in total. The standard InChI is InChI=1S/C11H16BrFN2O3S/c1-2-3-7(16)6-15-19(17,18)11-4-8(12)9(13)5-10(11)14/h4-5,7,15-16H,2-3,6,14H2,1H3. The lowest BCUT2D eigenvalue weighted by atomic mass is 10.2. The highest BCUT2D eigenvalue weighted by Gasteiger charge is 2.20. The molecule has 0 fully saturated rings. The van der Waals surface area contributed by atoms with Crippen molar-refractivity contribution in [2.75, 3.05) is 12.3 Å². The van der Waals surface area contributed by atoms with Gasteiger partial charge in [-0.2, -0.15) is 0 Å². The van der Waals surface area contributed by atoms with E-state index in [0.717, 1.165) is 18.6 Å². The maximum absolute atomic E-state index is 13.2. The van der Waals surface area contributed by atoms with E-state index in [9.17, 15) is 17.9 Å². The zero-order valence-corrected chi connectivity index (χ0v) is 12.8. The van der Waals surface area contributed by atoms with Gasteiger partial charge in [-0.1, -0.05) is 13.3 Å². The van der Waals surface area contributed by atoms with E-state index in [2.05, 4.69) is 20.7 Å². The van der Waals surface area contributed by atoms with Crippen molar-refractivity contribution in [2.24, 2.45) is 0 Å². The first kappa shape index (κ1) is 16.4. The molecule has 0 aliphatic carbocycles. The van der Waals surface area contributed by atoms with Crippen LogP contribution >= 0.6 is 15.9 Å². The molecular formula is C11H16BrFN2O3S. The number of hydrogen-bond donors (Lipinski definition) is 3. The van der Waals surface area contributed by atoms with Crippen LogP contribution in [0.4, 0.5) is 10.1 Å². The third kappa shape index (κ3) is 4.41. The molecule has 8 heteroatoms. The third-order valence-electron chi connectivity index (χ3n) is 2.47. The number of nitrogens with one attached hydrogen (secondary N) is 1. The summed E-state index contributed by atoms with van der Waals surface area (Å²) in [5, 5.41) is 9.50. The number of hydrogen-bond acceptors (Lipinski definition) is 4. The molecule has 0 aliphatic heterocycles. The van der Waals surface area contributed by atoms with Gasteiger partial charge in [-0.25, -0.2) is 17.5 Å². The highest BCUT2D eigenvalue weighted by Crippen LogP contribution is 2.25. The van der Waals surface area contributed by atoms with Crippen molar-refractivity contribution < 1.29 is 17.9 Å². The number of sulfonamides is 1. The molecule has 4 N–H and O–H groups in total. The second-order valence-electron chi connectivity index (χ2n) is 4.10. The van der Waals surface area contributed by atoms with Gasteiger partial charge >= 0.3 is 0 Å². The minimum atomic E-state index is -3.88.